The lowest BCUT2D eigenvalue weighted by atomic mass is 10.2. The summed E-state index contributed by atoms with van der Waals surface area (Å²) in [5.41, 5.74) is 0.502. The van der Waals surface area contributed by atoms with E-state index in [1.807, 2.05) is 0 Å². The van der Waals surface area contributed by atoms with Crippen LogP contribution in [0.3, 0.4) is 0 Å². The fraction of sp³-hybridized carbons (Fsp3) is 0.0769. The van der Waals surface area contributed by atoms with E-state index in [9.17, 15) is 14.5 Å². The van der Waals surface area contributed by atoms with Crippen molar-refractivity contribution < 1.29 is 0 Å². The average Bonchev–Trinajstić information content (AvgIpc) is 2.44. The van der Waals surface area contributed by atoms with Crippen molar-refractivity contribution in [3.05, 3.63) is 70.7 Å². The zero-order valence-electron chi connectivity index (χ0n) is 10.5. The van der Waals surface area contributed by atoms with Gasteiger partial charge in [-0.05, 0) is 60.8 Å². The molecule has 1 N–H and O–H groups in total. The van der Waals surface area contributed by atoms with Crippen LogP contribution in [-0.4, -0.2) is 9.55 Å². The number of nitrogens with one attached hydrogen (secondary N) is 1. The van der Waals surface area contributed by atoms with Crippen molar-refractivity contribution in [2.75, 3.05) is 0 Å². The van der Waals surface area contributed by atoms with Crippen LogP contribution >= 0.6 is 31.9 Å². The van der Waals surface area contributed by atoms with E-state index >= 15 is 0 Å². The van der Waals surface area contributed by atoms with E-state index in [1.54, 1.807) is 30.3 Å². The van der Waals surface area contributed by atoms with Gasteiger partial charge in [-0.25, -0.2) is 4.79 Å². The van der Waals surface area contributed by atoms with Crippen LogP contribution in [0.15, 0.2) is 48.6 Å². The molecule has 108 valence electrons. The van der Waals surface area contributed by atoms with Gasteiger partial charge in [0.1, 0.15) is 5.69 Å². The van der Waals surface area contributed by atoms with Crippen molar-refractivity contribution in [2.45, 2.75) is 6.54 Å². The molecule has 1 aromatic heterocycles. The van der Waals surface area contributed by atoms with Crippen molar-refractivity contribution >= 4 is 43.6 Å². The van der Waals surface area contributed by atoms with Gasteiger partial charge in [0.25, 0.3) is 5.56 Å². The Labute approximate surface area is 135 Å². The molecule has 0 bridgehead atoms. The minimum atomic E-state index is -0.500. The highest BCUT2D eigenvalue weighted by Crippen LogP contribution is 2.16. The average molecular weight is 415 g/mol. The van der Waals surface area contributed by atoms with Gasteiger partial charge in [-0.2, -0.15) is 0 Å². The number of benzene rings is 1. The van der Waals surface area contributed by atoms with E-state index in [1.165, 1.54) is 10.8 Å². The summed E-state index contributed by atoms with van der Waals surface area (Å²) in [6.45, 7) is 0.273. The Kier molecular flexibility index (Phi) is 5.03. The van der Waals surface area contributed by atoms with Gasteiger partial charge in [0.2, 0.25) is 0 Å². The van der Waals surface area contributed by atoms with E-state index in [0.29, 0.717) is 14.6 Å². The van der Waals surface area contributed by atoms with Crippen molar-refractivity contribution in [1.82, 2.24) is 9.55 Å². The summed E-state index contributed by atoms with van der Waals surface area (Å²) in [6.07, 6.45) is 3.02. The standard InChI is InChI=1S/C13H9Br2N3O3/c14-11(15)5-9-7-18(13(20)16-12(9)19)6-8-1-3-10(17-21)4-2-8/h1-5,7H,6H2,(H,16,19,20). The van der Waals surface area contributed by atoms with E-state index in [2.05, 4.69) is 42.0 Å². The monoisotopic (exact) mass is 413 g/mol. The summed E-state index contributed by atoms with van der Waals surface area (Å²) in [5, 5.41) is 2.81. The van der Waals surface area contributed by atoms with Crippen LogP contribution in [0.25, 0.3) is 6.08 Å². The lowest BCUT2D eigenvalue weighted by Crippen LogP contribution is -2.31. The third kappa shape index (κ3) is 4.08. The molecule has 0 unspecified atom stereocenters. The summed E-state index contributed by atoms with van der Waals surface area (Å²) >= 11 is 6.34. The van der Waals surface area contributed by atoms with Crippen LogP contribution in [0, 0.1) is 4.91 Å². The van der Waals surface area contributed by atoms with Crippen molar-refractivity contribution in [3.63, 3.8) is 0 Å². The van der Waals surface area contributed by atoms with Crippen LogP contribution < -0.4 is 11.2 Å². The molecule has 0 aliphatic rings. The molecule has 2 aromatic rings. The highest BCUT2D eigenvalue weighted by molar-refractivity contribution is 9.28. The largest absolute Gasteiger partial charge is 0.328 e. The van der Waals surface area contributed by atoms with Gasteiger partial charge < -0.3 is 0 Å². The van der Waals surface area contributed by atoms with Crippen LogP contribution in [-0.2, 0) is 6.54 Å². The Morgan fingerprint density at radius 1 is 1.24 bits per heavy atom. The van der Waals surface area contributed by atoms with Crippen molar-refractivity contribution in [1.29, 1.82) is 0 Å². The summed E-state index contributed by atoms with van der Waals surface area (Å²) < 4.78 is 1.96. The number of aromatic amines is 1. The topological polar surface area (TPSA) is 84.3 Å². The van der Waals surface area contributed by atoms with Gasteiger partial charge in [0.15, 0.2) is 0 Å². The molecule has 1 aromatic carbocycles. The number of H-pyrrole nitrogens is 1. The van der Waals surface area contributed by atoms with E-state index in [0.717, 1.165) is 5.56 Å². The first-order valence-electron chi connectivity index (χ1n) is 5.78. The van der Waals surface area contributed by atoms with Gasteiger partial charge in [0.05, 0.1) is 15.5 Å². The number of hydrogen-bond donors (Lipinski definition) is 1. The zero-order valence-corrected chi connectivity index (χ0v) is 13.7. The Hall–Kier alpha value is -1.80. The lowest BCUT2D eigenvalue weighted by Gasteiger charge is -2.06. The number of nitroso groups, excluding NO2 is 1. The number of hydrogen-bond acceptors (Lipinski definition) is 4. The number of nitrogens with zero attached hydrogens (tertiary/aromatic N) is 2. The summed E-state index contributed by atoms with van der Waals surface area (Å²) in [6, 6.07) is 6.53. The number of halogens is 2. The fourth-order valence-corrected chi connectivity index (χ4v) is 2.22. The van der Waals surface area contributed by atoms with Crippen molar-refractivity contribution in [2.24, 2.45) is 5.18 Å². The first-order valence-corrected chi connectivity index (χ1v) is 7.37. The maximum absolute atomic E-state index is 11.8. The molecule has 0 saturated carbocycles. The number of rotatable bonds is 4. The normalized spacial score (nSPS) is 10.2. The van der Waals surface area contributed by atoms with Crippen LogP contribution in [0.1, 0.15) is 11.1 Å². The Morgan fingerprint density at radius 2 is 1.90 bits per heavy atom. The third-order valence-corrected chi connectivity index (χ3v) is 3.16. The molecular formula is C13H9Br2N3O3. The molecule has 2 rings (SSSR count). The minimum Gasteiger partial charge on any atom is -0.296 e. The Morgan fingerprint density at radius 3 is 2.48 bits per heavy atom. The molecule has 0 atom stereocenters. The molecule has 0 aliphatic carbocycles. The van der Waals surface area contributed by atoms with Gasteiger partial charge in [-0.3, -0.25) is 14.3 Å². The lowest BCUT2D eigenvalue weighted by molar-refractivity contribution is 0.718. The van der Waals surface area contributed by atoms with Gasteiger partial charge in [-0.15, -0.1) is 4.91 Å². The third-order valence-electron chi connectivity index (χ3n) is 2.70. The second-order valence-corrected chi connectivity index (χ2v) is 6.94. The summed E-state index contributed by atoms with van der Waals surface area (Å²) in [5.74, 6) is 0. The first kappa shape index (κ1) is 15.6. The quantitative estimate of drug-likeness (QED) is 0.780. The molecule has 1 heterocycles. The van der Waals surface area contributed by atoms with E-state index < -0.39 is 11.2 Å². The minimum absolute atomic E-state index is 0.273. The zero-order chi connectivity index (χ0) is 15.4. The maximum atomic E-state index is 11.8. The SMILES string of the molecule is O=Nc1ccc(Cn2cc(C=C(Br)Br)c(=O)[nH]c2=O)cc1. The molecule has 0 saturated heterocycles. The molecule has 6 nitrogen and oxygen atoms in total. The van der Waals surface area contributed by atoms with Crippen molar-refractivity contribution in [3.8, 4) is 0 Å². The molecule has 0 amide bonds. The predicted octanol–water partition coefficient (Wildman–Crippen LogP) is 3.07. The second kappa shape index (κ2) is 6.77. The predicted molar refractivity (Wildman–Crippen MR) is 88.2 cm³/mol. The molecule has 8 heteroatoms. The highest BCUT2D eigenvalue weighted by atomic mass is 79.9. The molecular weight excluding hydrogens is 406 g/mol. The van der Waals surface area contributed by atoms with E-state index in [-0.39, 0.29) is 6.54 Å². The Bertz CT molecular complexity index is 803. The van der Waals surface area contributed by atoms with Crippen LogP contribution in [0.5, 0.6) is 0 Å². The number of aromatic nitrogens is 2. The second-order valence-electron chi connectivity index (χ2n) is 4.16. The Balaban J connectivity index is 2.39. The summed E-state index contributed by atoms with van der Waals surface area (Å²) in [7, 11) is 0. The van der Waals surface area contributed by atoms with Crippen LogP contribution in [0.4, 0.5) is 5.69 Å². The molecule has 0 spiro atoms. The first-order chi connectivity index (χ1) is 9.99. The molecule has 0 fully saturated rings. The fourth-order valence-electron chi connectivity index (χ4n) is 1.72. The van der Waals surface area contributed by atoms with Gasteiger partial charge in [-0.1, -0.05) is 12.1 Å². The van der Waals surface area contributed by atoms with Gasteiger partial charge in [0, 0.05) is 6.20 Å². The molecule has 0 aliphatic heterocycles. The molecule has 21 heavy (non-hydrogen) atoms. The van der Waals surface area contributed by atoms with Gasteiger partial charge >= 0.3 is 5.69 Å². The molecule has 0 radical (unpaired) electrons. The smallest absolute Gasteiger partial charge is 0.296 e. The van der Waals surface area contributed by atoms with Crippen LogP contribution in [0.2, 0.25) is 0 Å². The summed E-state index contributed by atoms with van der Waals surface area (Å²) in [4.78, 5) is 36.1. The highest BCUT2D eigenvalue weighted by Gasteiger charge is 2.04. The van der Waals surface area contributed by atoms with E-state index in [4.69, 9.17) is 0 Å². The maximum Gasteiger partial charge on any atom is 0.328 e.